The second-order valence-corrected chi connectivity index (χ2v) is 7.63. The Morgan fingerprint density at radius 2 is 2.00 bits per heavy atom. The van der Waals surface area contributed by atoms with Gasteiger partial charge in [-0.2, -0.15) is 0 Å². The molecule has 1 aromatic heterocycles. The third kappa shape index (κ3) is 3.52. The van der Waals surface area contributed by atoms with Crippen LogP contribution in [0.25, 0.3) is 0 Å². The van der Waals surface area contributed by atoms with Crippen LogP contribution in [0.4, 0.5) is 0 Å². The largest absolute Gasteiger partial charge is 0.459 e. The fourth-order valence-electron chi connectivity index (χ4n) is 4.60. The van der Waals surface area contributed by atoms with Crippen molar-refractivity contribution in [2.75, 3.05) is 45.8 Å². The maximum Gasteiger partial charge on any atom is 0.289 e. The molecular weight excluding hydrogens is 302 g/mol. The number of piperazine rings is 1. The highest BCUT2D eigenvalue weighted by atomic mass is 16.3. The van der Waals surface area contributed by atoms with Gasteiger partial charge in [-0.15, -0.1) is 0 Å². The van der Waals surface area contributed by atoms with Crippen molar-refractivity contribution >= 4 is 5.91 Å². The molecule has 5 heteroatoms. The molecule has 1 amide bonds. The van der Waals surface area contributed by atoms with Gasteiger partial charge in [0.05, 0.1) is 6.26 Å². The summed E-state index contributed by atoms with van der Waals surface area (Å²) in [6.07, 6.45) is 7.91. The van der Waals surface area contributed by atoms with E-state index < -0.39 is 0 Å². The lowest BCUT2D eigenvalue weighted by molar-refractivity contribution is 0.0632. The average molecular weight is 331 g/mol. The molecular formula is C19H29N3O2. The van der Waals surface area contributed by atoms with Crippen molar-refractivity contribution in [3.63, 3.8) is 0 Å². The number of furan rings is 1. The summed E-state index contributed by atoms with van der Waals surface area (Å²) < 4.78 is 5.23. The van der Waals surface area contributed by atoms with Gasteiger partial charge in [0.15, 0.2) is 5.76 Å². The predicted molar refractivity (Wildman–Crippen MR) is 93.0 cm³/mol. The van der Waals surface area contributed by atoms with Crippen molar-refractivity contribution in [1.29, 1.82) is 0 Å². The molecule has 1 atom stereocenters. The molecule has 0 N–H and O–H groups in total. The number of carbonyl (C=O) groups is 1. The van der Waals surface area contributed by atoms with Crippen LogP contribution in [0.3, 0.4) is 0 Å². The molecule has 3 aliphatic heterocycles. The van der Waals surface area contributed by atoms with Crippen LogP contribution in [0.15, 0.2) is 22.8 Å². The summed E-state index contributed by atoms with van der Waals surface area (Å²) in [5, 5.41) is 0. The van der Waals surface area contributed by atoms with E-state index >= 15 is 0 Å². The van der Waals surface area contributed by atoms with Crippen molar-refractivity contribution in [2.45, 2.75) is 38.1 Å². The van der Waals surface area contributed by atoms with Crippen LogP contribution >= 0.6 is 0 Å². The van der Waals surface area contributed by atoms with E-state index in [0.717, 1.165) is 37.9 Å². The fraction of sp³-hybridized carbons (Fsp3) is 0.737. The number of likely N-dealkylation sites (tertiary alicyclic amines) is 1. The minimum Gasteiger partial charge on any atom is -0.459 e. The van der Waals surface area contributed by atoms with Gasteiger partial charge in [-0.05, 0) is 63.2 Å². The Kier molecular flexibility index (Phi) is 4.90. The molecule has 1 aromatic rings. The van der Waals surface area contributed by atoms with Crippen LogP contribution in [0.1, 0.15) is 42.7 Å². The molecule has 132 valence electrons. The van der Waals surface area contributed by atoms with Crippen molar-refractivity contribution in [1.82, 2.24) is 14.7 Å². The number of piperidine rings is 1. The SMILES string of the molecule is O=C(c1ccco1)N1CCC(CCN2CCN3CCCC3C2)CC1. The maximum atomic E-state index is 12.3. The Morgan fingerprint density at radius 1 is 1.12 bits per heavy atom. The van der Waals surface area contributed by atoms with Crippen LogP contribution in [0.5, 0.6) is 0 Å². The lowest BCUT2D eigenvalue weighted by Gasteiger charge is -2.38. The summed E-state index contributed by atoms with van der Waals surface area (Å²) >= 11 is 0. The molecule has 5 nitrogen and oxygen atoms in total. The molecule has 0 aliphatic carbocycles. The first-order chi connectivity index (χ1) is 11.8. The summed E-state index contributed by atoms with van der Waals surface area (Å²) in [5.41, 5.74) is 0. The molecule has 0 radical (unpaired) electrons. The molecule has 4 rings (SSSR count). The lowest BCUT2D eigenvalue weighted by Crippen LogP contribution is -2.50. The molecule has 24 heavy (non-hydrogen) atoms. The average Bonchev–Trinajstić information content (AvgIpc) is 3.31. The van der Waals surface area contributed by atoms with Crippen LogP contribution < -0.4 is 0 Å². The highest BCUT2D eigenvalue weighted by Crippen LogP contribution is 2.25. The first-order valence-corrected chi connectivity index (χ1v) is 9.59. The first-order valence-electron chi connectivity index (χ1n) is 9.59. The van der Waals surface area contributed by atoms with Crippen LogP contribution in [-0.2, 0) is 0 Å². The third-order valence-electron chi connectivity index (χ3n) is 6.16. The monoisotopic (exact) mass is 331 g/mol. The number of carbonyl (C=O) groups excluding carboxylic acids is 1. The minimum atomic E-state index is 0.0517. The molecule has 0 spiro atoms. The molecule has 0 saturated carbocycles. The molecule has 3 aliphatic rings. The summed E-state index contributed by atoms with van der Waals surface area (Å²) in [5.74, 6) is 1.30. The smallest absolute Gasteiger partial charge is 0.289 e. The Labute approximate surface area is 144 Å². The van der Waals surface area contributed by atoms with Gasteiger partial charge >= 0.3 is 0 Å². The highest BCUT2D eigenvalue weighted by Gasteiger charge is 2.31. The van der Waals surface area contributed by atoms with Gasteiger partial charge < -0.3 is 14.2 Å². The number of rotatable bonds is 4. The van der Waals surface area contributed by atoms with E-state index in [1.54, 1.807) is 18.4 Å². The normalized spacial score (nSPS) is 26.7. The number of fused-ring (bicyclic) bond motifs is 1. The van der Waals surface area contributed by atoms with Gasteiger partial charge in [-0.25, -0.2) is 0 Å². The van der Waals surface area contributed by atoms with Gasteiger partial charge in [0.25, 0.3) is 5.91 Å². The zero-order valence-corrected chi connectivity index (χ0v) is 14.5. The Balaban J connectivity index is 1.19. The van der Waals surface area contributed by atoms with Crippen molar-refractivity contribution in [2.24, 2.45) is 5.92 Å². The third-order valence-corrected chi connectivity index (χ3v) is 6.16. The zero-order chi connectivity index (χ0) is 16.4. The number of hydrogen-bond acceptors (Lipinski definition) is 4. The lowest BCUT2D eigenvalue weighted by atomic mass is 9.93. The standard InChI is InChI=1S/C19H29N3O2/c23-19(18-4-2-14-24-18)22-10-6-16(7-11-22)5-9-20-12-13-21-8-1-3-17(21)15-20/h2,4,14,16-17H,1,3,5-13,15H2. The Bertz CT molecular complexity index is 537. The second-order valence-electron chi connectivity index (χ2n) is 7.63. The highest BCUT2D eigenvalue weighted by molar-refractivity contribution is 5.91. The van der Waals surface area contributed by atoms with Crippen molar-refractivity contribution in [3.05, 3.63) is 24.2 Å². The zero-order valence-electron chi connectivity index (χ0n) is 14.5. The quantitative estimate of drug-likeness (QED) is 0.849. The van der Waals surface area contributed by atoms with Gasteiger partial charge in [-0.1, -0.05) is 0 Å². The van der Waals surface area contributed by atoms with Crippen LogP contribution in [0.2, 0.25) is 0 Å². The predicted octanol–water partition coefficient (Wildman–Crippen LogP) is 2.30. The van der Waals surface area contributed by atoms with Gasteiger partial charge in [0.2, 0.25) is 0 Å². The molecule has 0 bridgehead atoms. The first kappa shape index (κ1) is 16.2. The Hall–Kier alpha value is -1.33. The second kappa shape index (κ2) is 7.28. The molecule has 4 heterocycles. The molecule has 0 aromatic carbocycles. The van der Waals surface area contributed by atoms with Gasteiger partial charge in [-0.3, -0.25) is 9.69 Å². The van der Waals surface area contributed by atoms with E-state index in [1.165, 1.54) is 52.0 Å². The summed E-state index contributed by atoms with van der Waals surface area (Å²) in [6.45, 7) is 8.09. The molecule has 3 fully saturated rings. The topological polar surface area (TPSA) is 39.9 Å². The van der Waals surface area contributed by atoms with E-state index in [-0.39, 0.29) is 5.91 Å². The van der Waals surface area contributed by atoms with Crippen LogP contribution in [-0.4, -0.2) is 72.5 Å². The van der Waals surface area contributed by atoms with E-state index in [9.17, 15) is 4.79 Å². The van der Waals surface area contributed by atoms with E-state index in [1.807, 2.05) is 4.90 Å². The fourth-order valence-corrected chi connectivity index (χ4v) is 4.60. The van der Waals surface area contributed by atoms with Crippen molar-refractivity contribution < 1.29 is 9.21 Å². The summed E-state index contributed by atoms with van der Waals surface area (Å²) in [7, 11) is 0. The van der Waals surface area contributed by atoms with Crippen LogP contribution in [0, 0.1) is 5.92 Å². The molecule has 1 unspecified atom stereocenters. The van der Waals surface area contributed by atoms with Gasteiger partial charge in [0, 0.05) is 38.8 Å². The minimum absolute atomic E-state index is 0.0517. The summed E-state index contributed by atoms with van der Waals surface area (Å²) in [4.78, 5) is 19.6. The van der Waals surface area contributed by atoms with E-state index in [4.69, 9.17) is 4.42 Å². The maximum absolute atomic E-state index is 12.3. The van der Waals surface area contributed by atoms with Gasteiger partial charge in [0.1, 0.15) is 0 Å². The number of nitrogens with zero attached hydrogens (tertiary/aromatic N) is 3. The van der Waals surface area contributed by atoms with E-state index in [2.05, 4.69) is 9.80 Å². The molecule has 3 saturated heterocycles. The number of hydrogen-bond donors (Lipinski definition) is 0. The van der Waals surface area contributed by atoms with E-state index in [0.29, 0.717) is 5.76 Å². The summed E-state index contributed by atoms with van der Waals surface area (Å²) in [6, 6.07) is 4.37. The number of amides is 1. The van der Waals surface area contributed by atoms with Crippen molar-refractivity contribution in [3.8, 4) is 0 Å². The Morgan fingerprint density at radius 3 is 2.79 bits per heavy atom.